The van der Waals surface area contributed by atoms with Crippen molar-refractivity contribution in [1.82, 2.24) is 19.6 Å². The molecule has 5 N–H and O–H groups in total. The van der Waals surface area contributed by atoms with Gasteiger partial charge in [-0.3, -0.25) is 19.7 Å². The number of aliphatic carboxylic acids is 1. The number of likely N-dealkylation sites (N-methyl/N-ethyl adjacent to an activating group) is 1. The number of halogens is 1. The van der Waals surface area contributed by atoms with Crippen LogP contribution >= 0.6 is 22.9 Å². The summed E-state index contributed by atoms with van der Waals surface area (Å²) < 4.78 is 35.6. The van der Waals surface area contributed by atoms with Crippen LogP contribution in [0.2, 0.25) is 5.02 Å². The summed E-state index contributed by atoms with van der Waals surface area (Å²) in [7, 11) is -2.00. The third-order valence-corrected chi connectivity index (χ3v) is 17.4. The molecule has 17 nitrogen and oxygen atoms in total. The summed E-state index contributed by atoms with van der Waals surface area (Å²) in [4.78, 5) is 72.9. The molecule has 3 saturated heterocycles. The van der Waals surface area contributed by atoms with E-state index in [4.69, 9.17) is 26.4 Å². The van der Waals surface area contributed by atoms with Gasteiger partial charge in [0.05, 0.1) is 21.7 Å². The van der Waals surface area contributed by atoms with Crippen molar-refractivity contribution in [3.63, 3.8) is 0 Å². The number of carboxylic acids is 2. The number of imidazole rings is 1. The Kier molecular flexibility index (Phi) is 13.4. The van der Waals surface area contributed by atoms with Gasteiger partial charge in [0.15, 0.2) is 23.5 Å². The van der Waals surface area contributed by atoms with Crippen LogP contribution in [-0.2, 0) is 30.2 Å². The highest BCUT2D eigenvalue weighted by molar-refractivity contribution is 7.88. The first-order valence-corrected chi connectivity index (χ1v) is 25.8. The number of nitrogens with one attached hydrogen (secondary N) is 3. The summed E-state index contributed by atoms with van der Waals surface area (Å²) >= 11 is 7.44. The lowest BCUT2D eigenvalue weighted by molar-refractivity contribution is -0.139. The maximum atomic E-state index is 14.4. The number of rotatable bonds is 15. The highest BCUT2D eigenvalue weighted by atomic mass is 35.5. The number of aldehydes is 1. The zero-order valence-electron chi connectivity index (χ0n) is 38.7. The summed E-state index contributed by atoms with van der Waals surface area (Å²) in [6.45, 7) is 4.73. The number of sulfonamides is 1. The van der Waals surface area contributed by atoms with Crippen LogP contribution in [0.3, 0.4) is 0 Å². The van der Waals surface area contributed by atoms with E-state index in [1.54, 1.807) is 22.5 Å². The fourth-order valence-electron chi connectivity index (χ4n) is 10.4. The summed E-state index contributed by atoms with van der Waals surface area (Å²) in [6, 6.07) is 21.9. The minimum Gasteiger partial charge on any atom is -0.479 e. The average Bonchev–Trinajstić information content (AvgIpc) is 3.91. The van der Waals surface area contributed by atoms with Gasteiger partial charge < -0.3 is 35.1 Å². The Labute approximate surface area is 412 Å². The second kappa shape index (κ2) is 19.3. The lowest BCUT2D eigenvalue weighted by Gasteiger charge is -2.45. The van der Waals surface area contributed by atoms with Crippen molar-refractivity contribution >= 4 is 102 Å². The fourth-order valence-corrected chi connectivity index (χ4v) is 13.8. The Bertz CT molecular complexity index is 3180. The molecular formula is C50H52ClN7O10S2. The monoisotopic (exact) mass is 1010 g/mol. The van der Waals surface area contributed by atoms with E-state index < -0.39 is 40.1 Å². The number of H-pyrrole nitrogens is 1. The number of para-hydroxylation sites is 1. The molecule has 20 heteroatoms. The molecule has 0 radical (unpaired) electrons. The first-order valence-electron chi connectivity index (χ1n) is 23.0. The van der Waals surface area contributed by atoms with Crippen LogP contribution in [0.25, 0.3) is 32.2 Å². The number of carboxylic acid groups (broad SMARTS) is 2. The third-order valence-electron chi connectivity index (χ3n) is 13.7. The second-order valence-corrected chi connectivity index (χ2v) is 22.0. The minimum atomic E-state index is -3.82. The number of hydrogen-bond acceptors (Lipinski definition) is 13. The lowest BCUT2D eigenvalue weighted by atomic mass is 9.85. The van der Waals surface area contributed by atoms with Gasteiger partial charge in [-0.15, -0.1) is 11.3 Å². The van der Waals surface area contributed by atoms with Crippen molar-refractivity contribution in [1.29, 1.82) is 0 Å². The third kappa shape index (κ3) is 9.54. The first kappa shape index (κ1) is 48.5. The van der Waals surface area contributed by atoms with E-state index in [9.17, 15) is 37.5 Å². The van der Waals surface area contributed by atoms with Gasteiger partial charge in [-0.2, -0.15) is 4.31 Å². The van der Waals surface area contributed by atoms with Gasteiger partial charge in [-0.25, -0.2) is 23.0 Å². The summed E-state index contributed by atoms with van der Waals surface area (Å²) in [5, 5.41) is 26.5. The van der Waals surface area contributed by atoms with E-state index >= 15 is 0 Å². The highest BCUT2D eigenvalue weighted by Crippen LogP contribution is 2.46. The van der Waals surface area contributed by atoms with Gasteiger partial charge >= 0.3 is 11.9 Å². The number of hydrogen-bond donors (Lipinski definition) is 5. The van der Waals surface area contributed by atoms with Crippen LogP contribution in [0.4, 0.5) is 17.3 Å². The van der Waals surface area contributed by atoms with Crippen LogP contribution in [0.5, 0.6) is 5.75 Å². The largest absolute Gasteiger partial charge is 0.479 e. The highest BCUT2D eigenvalue weighted by Gasteiger charge is 2.42. The number of aromatic carboxylic acids is 1. The second-order valence-electron chi connectivity index (χ2n) is 18.7. The zero-order chi connectivity index (χ0) is 49.6. The summed E-state index contributed by atoms with van der Waals surface area (Å²) in [5.74, 6) is -2.79. The number of imide groups is 1. The molecule has 3 aliphatic rings. The van der Waals surface area contributed by atoms with E-state index in [1.807, 2.05) is 74.3 Å². The molecule has 6 aromatic rings. The number of thiophene rings is 1. The molecule has 5 heterocycles. The normalized spacial score (nSPS) is 19.0. The van der Waals surface area contributed by atoms with Crippen molar-refractivity contribution < 1.29 is 47.3 Å². The molecule has 70 heavy (non-hydrogen) atoms. The van der Waals surface area contributed by atoms with E-state index in [0.717, 1.165) is 63.7 Å². The summed E-state index contributed by atoms with van der Waals surface area (Å²) in [6.07, 6.45) is 4.09. The summed E-state index contributed by atoms with van der Waals surface area (Å²) in [5.41, 5.74) is 4.91. The number of carbonyl (C=O) groups is 5. The van der Waals surface area contributed by atoms with Gasteiger partial charge in [0.2, 0.25) is 27.8 Å². The number of anilines is 3. The van der Waals surface area contributed by atoms with Crippen molar-refractivity contribution in [3.8, 4) is 16.2 Å². The predicted octanol–water partition coefficient (Wildman–Crippen LogP) is 7.88. The van der Waals surface area contributed by atoms with Crippen LogP contribution < -0.4 is 25.2 Å². The molecular weight excluding hydrogens is 958 g/mol. The Morgan fingerprint density at radius 2 is 1.77 bits per heavy atom. The average molecular weight is 1010 g/mol. The lowest BCUT2D eigenvalue weighted by Crippen LogP contribution is -2.55. The SMILES string of the molecule is CN(c1ccc(C2CCN(c3nc4c(CS(=O)(=O)N5CCC(Nc6cccc(-c7sc(C(=O)O)c(OCC(=O)O)c7Cl)c6)CC5(C)C)cccc4[nH]3)CC2)c2cccc(C=O)c12)C1CCC(=O)NC1=O. The van der Waals surface area contributed by atoms with Crippen molar-refractivity contribution in [2.45, 2.75) is 81.7 Å². The van der Waals surface area contributed by atoms with E-state index in [0.29, 0.717) is 65.4 Å². The predicted molar refractivity (Wildman–Crippen MR) is 269 cm³/mol. The minimum absolute atomic E-state index is 0.00625. The maximum Gasteiger partial charge on any atom is 0.349 e. The molecule has 0 bridgehead atoms. The van der Waals surface area contributed by atoms with Crippen LogP contribution in [0.1, 0.15) is 89.4 Å². The Morgan fingerprint density at radius 3 is 2.49 bits per heavy atom. The van der Waals surface area contributed by atoms with E-state index in [2.05, 4.69) is 26.6 Å². The standard InChI is InChI=1S/C50H52ClN7O10S2/c1-50(2)24-33(52-32-10-4-7-29(23-32)45-42(51)44(68-26-40(61)62)46(69-45)48(64)65)19-22-58(50)70(66,67)27-31-9-6-12-36-43(31)55-49(53-36)57-20-17-28(18-21-57)34-13-14-37(41-30(25-59)8-5-11-35(34)41)56(3)38-15-16-39(60)54-47(38)63/h4-14,23,25,28,33,38,52H,15-22,24,26-27H2,1-3H3,(H,53,55)(H,61,62)(H,64,65)(H,54,60,63). The molecule has 0 aliphatic carbocycles. The molecule has 2 amide bonds. The number of piperidine rings is 3. The van der Waals surface area contributed by atoms with Gasteiger partial charge in [-0.05, 0) is 98.2 Å². The molecule has 2 unspecified atom stereocenters. The number of ether oxygens (including phenoxy) is 1. The van der Waals surface area contributed by atoms with E-state index in [1.165, 1.54) is 0 Å². The Hall–Kier alpha value is -6.54. The maximum absolute atomic E-state index is 14.4. The fraction of sp³-hybridized carbons (Fsp3) is 0.360. The molecule has 3 fully saturated rings. The number of carbonyl (C=O) groups excluding carboxylic acids is 3. The Balaban J connectivity index is 0.863. The van der Waals surface area contributed by atoms with Gasteiger partial charge in [-0.1, -0.05) is 60.1 Å². The molecule has 0 saturated carbocycles. The van der Waals surface area contributed by atoms with Gasteiger partial charge in [0.25, 0.3) is 0 Å². The Morgan fingerprint density at radius 1 is 1.01 bits per heavy atom. The topological polar surface area (TPSA) is 232 Å². The quantitative estimate of drug-likeness (QED) is 0.0487. The molecule has 4 aromatic carbocycles. The van der Waals surface area contributed by atoms with Crippen LogP contribution in [0, 0.1) is 0 Å². The molecule has 2 aromatic heterocycles. The molecule has 3 aliphatic heterocycles. The van der Waals surface area contributed by atoms with E-state index in [-0.39, 0.29) is 58.1 Å². The van der Waals surface area contributed by atoms with Gasteiger partial charge in [0, 0.05) is 67.0 Å². The van der Waals surface area contributed by atoms with Crippen molar-refractivity contribution in [2.75, 3.05) is 48.4 Å². The number of amides is 2. The number of nitrogens with zero attached hydrogens (tertiary/aromatic N) is 4. The number of fused-ring (bicyclic) bond motifs is 2. The van der Waals surface area contributed by atoms with Crippen LogP contribution in [0.15, 0.2) is 72.8 Å². The number of aromatic amines is 1. The van der Waals surface area contributed by atoms with Gasteiger partial charge in [0.1, 0.15) is 11.1 Å². The number of aromatic nitrogens is 2. The smallest absolute Gasteiger partial charge is 0.349 e. The van der Waals surface area contributed by atoms with Crippen molar-refractivity contribution in [3.05, 3.63) is 99.4 Å². The van der Waals surface area contributed by atoms with Crippen LogP contribution in [-0.4, -0.2) is 114 Å². The van der Waals surface area contributed by atoms with Crippen molar-refractivity contribution in [2.24, 2.45) is 0 Å². The number of benzene rings is 4. The zero-order valence-corrected chi connectivity index (χ0v) is 41.0. The first-order chi connectivity index (χ1) is 33.4. The molecule has 2 atom stereocenters. The molecule has 0 spiro atoms. The molecule has 366 valence electrons. The molecule has 9 rings (SSSR count).